The lowest BCUT2D eigenvalue weighted by molar-refractivity contribution is 0.411. The van der Waals surface area contributed by atoms with Gasteiger partial charge in [0.25, 0.3) is 0 Å². The highest BCUT2D eigenvalue weighted by Crippen LogP contribution is 2.38. The number of hydrogen-bond donors (Lipinski definition) is 1. The summed E-state index contributed by atoms with van der Waals surface area (Å²) >= 11 is 0. The van der Waals surface area contributed by atoms with Gasteiger partial charge < -0.3 is 4.98 Å². The highest BCUT2D eigenvalue weighted by molar-refractivity contribution is 5.91. The summed E-state index contributed by atoms with van der Waals surface area (Å²) in [5.41, 5.74) is 2.80. The molecule has 110 valence electrons. The maximum absolute atomic E-state index is 9.06. The molecule has 4 rings (SSSR count). The molecule has 6 nitrogen and oxygen atoms in total. The van der Waals surface area contributed by atoms with Crippen molar-refractivity contribution < 1.29 is 0 Å². The molecule has 0 radical (unpaired) electrons. The van der Waals surface area contributed by atoms with Crippen LogP contribution in [0.4, 0.5) is 0 Å². The Morgan fingerprint density at radius 3 is 3.14 bits per heavy atom. The van der Waals surface area contributed by atoms with Crippen LogP contribution >= 0.6 is 0 Å². The van der Waals surface area contributed by atoms with Gasteiger partial charge in [0.2, 0.25) is 0 Å². The van der Waals surface area contributed by atoms with Crippen LogP contribution in [0.15, 0.2) is 30.9 Å². The fourth-order valence-electron chi connectivity index (χ4n) is 2.91. The number of fused-ring (bicyclic) bond motifs is 1. The van der Waals surface area contributed by atoms with E-state index in [9.17, 15) is 0 Å². The summed E-state index contributed by atoms with van der Waals surface area (Å²) in [7, 11) is 0. The third-order valence-electron chi connectivity index (χ3n) is 4.28. The monoisotopic (exact) mass is 292 g/mol. The second kappa shape index (κ2) is 5.26. The van der Waals surface area contributed by atoms with Gasteiger partial charge in [-0.3, -0.25) is 4.68 Å². The van der Waals surface area contributed by atoms with Crippen LogP contribution in [-0.2, 0) is 0 Å². The topological polar surface area (TPSA) is 83.2 Å². The van der Waals surface area contributed by atoms with Gasteiger partial charge >= 0.3 is 0 Å². The van der Waals surface area contributed by atoms with Crippen molar-refractivity contribution in [3.8, 4) is 17.2 Å². The van der Waals surface area contributed by atoms with Crippen LogP contribution in [0.25, 0.3) is 22.2 Å². The van der Waals surface area contributed by atoms with Gasteiger partial charge in [-0.05, 0) is 18.4 Å². The molecule has 3 heterocycles. The molecule has 1 aliphatic carbocycles. The average Bonchev–Trinajstić information content (AvgIpc) is 3.05. The number of rotatable bonds is 5. The molecule has 1 fully saturated rings. The molecule has 0 bridgehead atoms. The number of nitrogens with zero attached hydrogens (tertiary/aromatic N) is 5. The third kappa shape index (κ3) is 2.35. The van der Waals surface area contributed by atoms with Crippen molar-refractivity contribution >= 4 is 11.0 Å². The number of H-pyrrole nitrogens is 1. The van der Waals surface area contributed by atoms with E-state index < -0.39 is 0 Å². The fourth-order valence-corrected chi connectivity index (χ4v) is 2.91. The van der Waals surface area contributed by atoms with Crippen LogP contribution in [0, 0.1) is 17.2 Å². The first kappa shape index (κ1) is 13.0. The molecule has 3 aromatic heterocycles. The van der Waals surface area contributed by atoms with E-state index in [1.807, 2.05) is 29.3 Å². The molecule has 0 spiro atoms. The van der Waals surface area contributed by atoms with Gasteiger partial charge in [0.05, 0.1) is 30.9 Å². The molecule has 0 unspecified atom stereocenters. The van der Waals surface area contributed by atoms with Gasteiger partial charge in [-0.1, -0.05) is 12.8 Å². The van der Waals surface area contributed by atoms with Crippen molar-refractivity contribution in [3.63, 3.8) is 0 Å². The lowest BCUT2D eigenvalue weighted by Crippen LogP contribution is -2.09. The van der Waals surface area contributed by atoms with Crippen molar-refractivity contribution in [3.05, 3.63) is 30.9 Å². The van der Waals surface area contributed by atoms with E-state index in [-0.39, 0.29) is 6.04 Å². The molecule has 0 amide bonds. The molecule has 1 atom stereocenters. The molecule has 0 aromatic carbocycles. The van der Waals surface area contributed by atoms with E-state index in [4.69, 9.17) is 5.26 Å². The van der Waals surface area contributed by atoms with Gasteiger partial charge in [0.15, 0.2) is 5.65 Å². The van der Waals surface area contributed by atoms with Crippen molar-refractivity contribution in [2.24, 2.45) is 5.92 Å². The molecule has 0 saturated heterocycles. The van der Waals surface area contributed by atoms with Crippen LogP contribution in [0.3, 0.4) is 0 Å². The molecule has 0 aliphatic heterocycles. The van der Waals surface area contributed by atoms with E-state index in [2.05, 4.69) is 26.3 Å². The zero-order chi connectivity index (χ0) is 14.9. The average molecular weight is 292 g/mol. The van der Waals surface area contributed by atoms with Crippen LogP contribution in [0.2, 0.25) is 0 Å². The molecular formula is C16H16N6. The smallest absolute Gasteiger partial charge is 0.160 e. The molecule has 1 saturated carbocycles. The Morgan fingerprint density at radius 1 is 1.41 bits per heavy atom. The van der Waals surface area contributed by atoms with E-state index in [0.29, 0.717) is 6.42 Å². The Balaban J connectivity index is 1.68. The summed E-state index contributed by atoms with van der Waals surface area (Å²) in [6.07, 6.45) is 11.6. The van der Waals surface area contributed by atoms with Crippen molar-refractivity contribution in [1.82, 2.24) is 25.0 Å². The minimum atomic E-state index is 0.169. The van der Waals surface area contributed by atoms with Gasteiger partial charge in [-0.15, -0.1) is 5.10 Å². The highest BCUT2D eigenvalue weighted by Gasteiger charge is 2.26. The summed E-state index contributed by atoms with van der Waals surface area (Å²) in [6, 6.07) is 4.45. The third-order valence-corrected chi connectivity index (χ3v) is 4.28. The maximum Gasteiger partial charge on any atom is 0.160 e. The van der Waals surface area contributed by atoms with Gasteiger partial charge in [-0.25, -0.2) is 0 Å². The van der Waals surface area contributed by atoms with Crippen LogP contribution in [0.5, 0.6) is 0 Å². The maximum atomic E-state index is 9.06. The minimum Gasteiger partial charge on any atom is -0.345 e. The fraction of sp³-hybridized carbons (Fsp3) is 0.375. The SMILES string of the molecule is N#CC[C@@H](CC1CC1)n1cc(-c2cnnc3[nH]ccc23)cn1. The summed E-state index contributed by atoms with van der Waals surface area (Å²) in [6.45, 7) is 0. The number of nitriles is 1. The molecule has 1 N–H and O–H groups in total. The van der Waals surface area contributed by atoms with E-state index in [1.54, 1.807) is 6.20 Å². The van der Waals surface area contributed by atoms with Crippen molar-refractivity contribution in [2.45, 2.75) is 31.7 Å². The second-order valence-corrected chi connectivity index (χ2v) is 5.90. The predicted molar refractivity (Wildman–Crippen MR) is 81.7 cm³/mol. The van der Waals surface area contributed by atoms with Crippen LogP contribution in [-0.4, -0.2) is 25.0 Å². The van der Waals surface area contributed by atoms with Gasteiger partial charge in [0, 0.05) is 28.9 Å². The first-order valence-corrected chi connectivity index (χ1v) is 7.55. The van der Waals surface area contributed by atoms with Gasteiger partial charge in [-0.2, -0.15) is 15.5 Å². The van der Waals surface area contributed by atoms with Crippen LogP contribution < -0.4 is 0 Å². The molecule has 1 aliphatic rings. The predicted octanol–water partition coefficient (Wildman–Crippen LogP) is 3.08. The molecule has 3 aromatic rings. The highest BCUT2D eigenvalue weighted by atomic mass is 15.3. The summed E-state index contributed by atoms with van der Waals surface area (Å²) < 4.78 is 1.94. The second-order valence-electron chi connectivity index (χ2n) is 5.90. The summed E-state index contributed by atoms with van der Waals surface area (Å²) in [5, 5.41) is 22.7. The molecular weight excluding hydrogens is 276 g/mol. The zero-order valence-electron chi connectivity index (χ0n) is 12.1. The Labute approximate surface area is 127 Å². The van der Waals surface area contributed by atoms with Crippen molar-refractivity contribution in [1.29, 1.82) is 5.26 Å². The molecule has 6 heteroatoms. The van der Waals surface area contributed by atoms with Gasteiger partial charge in [0.1, 0.15) is 0 Å². The first-order valence-electron chi connectivity index (χ1n) is 7.55. The number of aromatic nitrogens is 5. The Kier molecular flexibility index (Phi) is 3.11. The summed E-state index contributed by atoms with van der Waals surface area (Å²) in [4.78, 5) is 3.07. The minimum absolute atomic E-state index is 0.169. The number of aromatic amines is 1. The van der Waals surface area contributed by atoms with E-state index in [0.717, 1.165) is 34.5 Å². The van der Waals surface area contributed by atoms with Crippen LogP contribution in [0.1, 0.15) is 31.7 Å². The van der Waals surface area contributed by atoms with Crippen molar-refractivity contribution in [2.75, 3.05) is 0 Å². The molecule has 22 heavy (non-hydrogen) atoms. The van der Waals surface area contributed by atoms with E-state index in [1.165, 1.54) is 12.8 Å². The lowest BCUT2D eigenvalue weighted by Gasteiger charge is -2.13. The standard InChI is InChI=1S/C16H16N6/c17-5-3-13(7-11-1-2-11)22-10-12(8-20-22)15-9-19-21-16-14(15)4-6-18-16/h4,6,8-11,13H,1-3,7H2,(H,18,21)/t13-/m0/s1. The lowest BCUT2D eigenvalue weighted by atomic mass is 10.1. The first-order chi connectivity index (χ1) is 10.8. The Bertz CT molecular complexity index is 836. The number of hydrogen-bond acceptors (Lipinski definition) is 4. The zero-order valence-corrected chi connectivity index (χ0v) is 12.1. The largest absolute Gasteiger partial charge is 0.345 e. The number of nitrogens with one attached hydrogen (secondary N) is 1. The Morgan fingerprint density at radius 2 is 2.32 bits per heavy atom. The normalized spacial score (nSPS) is 15.8. The summed E-state index contributed by atoms with van der Waals surface area (Å²) in [5.74, 6) is 0.768. The quantitative estimate of drug-likeness (QED) is 0.783. The Hall–Kier alpha value is -2.68. The van der Waals surface area contributed by atoms with E-state index >= 15 is 0 Å².